The number of fused-ring (bicyclic) bond motifs is 4. The van der Waals surface area contributed by atoms with Crippen LogP contribution < -0.4 is 4.90 Å². The van der Waals surface area contributed by atoms with Gasteiger partial charge in [0.05, 0.1) is 11.1 Å². The van der Waals surface area contributed by atoms with Crippen LogP contribution in [0, 0.1) is 0 Å². The summed E-state index contributed by atoms with van der Waals surface area (Å²) in [5.41, 5.74) is 15.4. The van der Waals surface area contributed by atoms with Crippen LogP contribution in [0.5, 0.6) is 0 Å². The highest BCUT2D eigenvalue weighted by Gasteiger charge is 2.47. The highest BCUT2D eigenvalue weighted by molar-refractivity contribution is 5.98. The first-order valence-corrected chi connectivity index (χ1v) is 18.7. The molecule has 0 heterocycles. The lowest BCUT2D eigenvalue weighted by atomic mass is 9.68. The topological polar surface area (TPSA) is 3.24 Å². The Balaban J connectivity index is 1.17. The van der Waals surface area contributed by atoms with Crippen LogP contribution in [0.15, 0.2) is 224 Å². The van der Waals surface area contributed by atoms with E-state index in [-0.39, 0.29) is 0 Å². The minimum atomic E-state index is -0.474. The van der Waals surface area contributed by atoms with Gasteiger partial charge in [-0.3, -0.25) is 0 Å². The van der Waals surface area contributed by atoms with E-state index in [0.29, 0.717) is 0 Å². The lowest BCUT2D eigenvalue weighted by Gasteiger charge is -2.34. The van der Waals surface area contributed by atoms with Crippen molar-refractivity contribution in [2.45, 2.75) is 5.41 Å². The smallest absolute Gasteiger partial charge is 0.0714 e. The predicted molar refractivity (Wildman–Crippen MR) is 227 cm³/mol. The molecule has 9 aromatic carbocycles. The zero-order valence-electron chi connectivity index (χ0n) is 29.8. The Kier molecular flexibility index (Phi) is 7.78. The molecular weight excluding hydrogens is 651 g/mol. The Morgan fingerprint density at radius 3 is 1.50 bits per heavy atom. The third kappa shape index (κ3) is 5.17. The van der Waals surface area contributed by atoms with Gasteiger partial charge in [0.25, 0.3) is 0 Å². The van der Waals surface area contributed by atoms with Gasteiger partial charge in [-0.2, -0.15) is 0 Å². The van der Waals surface area contributed by atoms with Crippen LogP contribution in [0.3, 0.4) is 0 Å². The molecule has 0 saturated heterocycles. The Hall–Kier alpha value is -6.96. The Bertz CT molecular complexity index is 2710. The monoisotopic (exact) mass is 687 g/mol. The fraction of sp³-hybridized carbons (Fsp3) is 0.0189. The molecule has 1 nitrogen and oxygen atoms in total. The van der Waals surface area contributed by atoms with Gasteiger partial charge in [0, 0.05) is 16.9 Å². The number of rotatable bonds is 7. The van der Waals surface area contributed by atoms with E-state index < -0.39 is 5.41 Å². The number of nitrogens with zero attached hydrogens (tertiary/aromatic N) is 1. The number of anilines is 3. The molecule has 0 N–H and O–H groups in total. The molecule has 254 valence electrons. The molecule has 0 atom stereocenters. The summed E-state index contributed by atoms with van der Waals surface area (Å²) in [6, 6.07) is 82.0. The number of benzene rings is 9. The number of hydrogen-bond donors (Lipinski definition) is 0. The lowest BCUT2D eigenvalue weighted by molar-refractivity contribution is 0.768. The molecule has 0 aliphatic heterocycles. The Labute approximate surface area is 317 Å². The molecule has 1 aliphatic carbocycles. The summed E-state index contributed by atoms with van der Waals surface area (Å²) < 4.78 is 0. The van der Waals surface area contributed by atoms with E-state index in [0.717, 1.165) is 17.1 Å². The molecule has 0 amide bonds. The average Bonchev–Trinajstić information content (AvgIpc) is 3.56. The van der Waals surface area contributed by atoms with E-state index in [1.165, 1.54) is 66.4 Å². The summed E-state index contributed by atoms with van der Waals surface area (Å²) >= 11 is 0. The first-order valence-electron chi connectivity index (χ1n) is 18.7. The molecule has 0 unspecified atom stereocenters. The third-order valence-electron chi connectivity index (χ3n) is 11.1. The van der Waals surface area contributed by atoms with Gasteiger partial charge in [-0.25, -0.2) is 0 Å². The second-order valence-electron chi connectivity index (χ2n) is 14.1. The second-order valence-corrected chi connectivity index (χ2v) is 14.1. The average molecular weight is 688 g/mol. The summed E-state index contributed by atoms with van der Waals surface area (Å²) in [4.78, 5) is 2.44. The van der Waals surface area contributed by atoms with E-state index >= 15 is 0 Å². The van der Waals surface area contributed by atoms with Crippen molar-refractivity contribution in [3.05, 3.63) is 247 Å². The maximum Gasteiger partial charge on any atom is 0.0714 e. The van der Waals surface area contributed by atoms with Gasteiger partial charge < -0.3 is 4.90 Å². The highest BCUT2D eigenvalue weighted by atomic mass is 15.1. The fourth-order valence-electron chi connectivity index (χ4n) is 8.73. The molecule has 0 bridgehead atoms. The largest absolute Gasteiger partial charge is 0.310 e. The van der Waals surface area contributed by atoms with Gasteiger partial charge in [0.1, 0.15) is 0 Å². The zero-order chi connectivity index (χ0) is 35.9. The van der Waals surface area contributed by atoms with Crippen LogP contribution in [0.1, 0.15) is 22.3 Å². The summed E-state index contributed by atoms with van der Waals surface area (Å²) in [6.07, 6.45) is 0. The van der Waals surface area contributed by atoms with Crippen molar-refractivity contribution in [2.75, 3.05) is 4.90 Å². The zero-order valence-corrected chi connectivity index (χ0v) is 29.8. The van der Waals surface area contributed by atoms with Gasteiger partial charge in [0.15, 0.2) is 0 Å². The van der Waals surface area contributed by atoms with E-state index in [4.69, 9.17) is 0 Å². The van der Waals surface area contributed by atoms with Crippen LogP contribution in [0.25, 0.3) is 44.2 Å². The van der Waals surface area contributed by atoms with Crippen molar-refractivity contribution in [1.29, 1.82) is 0 Å². The third-order valence-corrected chi connectivity index (χ3v) is 11.1. The van der Waals surface area contributed by atoms with E-state index in [1.54, 1.807) is 0 Å². The fourth-order valence-corrected chi connectivity index (χ4v) is 8.73. The van der Waals surface area contributed by atoms with Gasteiger partial charge in [-0.15, -0.1) is 0 Å². The van der Waals surface area contributed by atoms with Gasteiger partial charge in [-0.1, -0.05) is 182 Å². The summed E-state index contributed by atoms with van der Waals surface area (Å²) in [5.74, 6) is 0. The molecule has 0 fully saturated rings. The van der Waals surface area contributed by atoms with Crippen LogP contribution >= 0.6 is 0 Å². The van der Waals surface area contributed by atoms with Crippen molar-refractivity contribution in [2.24, 2.45) is 0 Å². The standard InChI is InChI=1S/C53H37N/c1-5-17-38(18-6-1)41-33-31-39-32-34-42(36-43(39)35-41)40-19-15-26-47(37-40)54(46-24-11-4-12-25-46)51-30-16-29-50-52(51)48-27-13-14-28-49(48)53(50,44-20-7-2-8-21-44)45-22-9-3-10-23-45/h1-37H. The molecule has 0 saturated carbocycles. The van der Waals surface area contributed by atoms with Crippen LogP contribution in [0.4, 0.5) is 17.1 Å². The Morgan fingerprint density at radius 2 is 0.815 bits per heavy atom. The van der Waals surface area contributed by atoms with Crippen LogP contribution in [-0.2, 0) is 5.41 Å². The first-order chi connectivity index (χ1) is 26.8. The molecule has 1 heteroatoms. The minimum Gasteiger partial charge on any atom is -0.310 e. The SMILES string of the molecule is c1ccc(-c2ccc3ccc(-c4cccc(N(c5ccccc5)c5cccc6c5-c5ccccc5C6(c5ccccc5)c5ccccc5)c4)cc3c2)cc1. The van der Waals surface area contributed by atoms with Crippen LogP contribution in [-0.4, -0.2) is 0 Å². The lowest BCUT2D eigenvalue weighted by Crippen LogP contribution is -2.28. The maximum atomic E-state index is 2.44. The summed E-state index contributed by atoms with van der Waals surface area (Å²) in [6.45, 7) is 0. The van der Waals surface area contributed by atoms with Crippen molar-refractivity contribution in [3.63, 3.8) is 0 Å². The summed E-state index contributed by atoms with van der Waals surface area (Å²) in [7, 11) is 0. The molecule has 10 rings (SSSR count). The van der Waals surface area contributed by atoms with Crippen molar-refractivity contribution in [3.8, 4) is 33.4 Å². The van der Waals surface area contributed by atoms with Gasteiger partial charge >= 0.3 is 0 Å². The second kappa shape index (κ2) is 13.2. The summed E-state index contributed by atoms with van der Waals surface area (Å²) in [5, 5.41) is 2.47. The number of hydrogen-bond acceptors (Lipinski definition) is 1. The van der Waals surface area contributed by atoms with E-state index in [1.807, 2.05) is 0 Å². The molecule has 1 aliphatic rings. The molecule has 0 aromatic heterocycles. The normalized spacial score (nSPS) is 12.6. The van der Waals surface area contributed by atoms with Crippen molar-refractivity contribution < 1.29 is 0 Å². The van der Waals surface area contributed by atoms with Gasteiger partial charge in [-0.05, 0) is 103 Å². The molecular formula is C53H37N. The molecule has 0 radical (unpaired) electrons. The Morgan fingerprint density at radius 1 is 0.315 bits per heavy atom. The predicted octanol–water partition coefficient (Wildman–Crippen LogP) is 14.0. The molecule has 9 aromatic rings. The quantitative estimate of drug-likeness (QED) is 0.161. The van der Waals surface area contributed by atoms with Crippen molar-refractivity contribution >= 4 is 27.8 Å². The van der Waals surface area contributed by atoms with E-state index in [9.17, 15) is 0 Å². The van der Waals surface area contributed by atoms with Crippen LogP contribution in [0.2, 0.25) is 0 Å². The van der Waals surface area contributed by atoms with Crippen molar-refractivity contribution in [1.82, 2.24) is 0 Å². The number of para-hydroxylation sites is 1. The minimum absolute atomic E-state index is 0.474. The van der Waals surface area contributed by atoms with E-state index in [2.05, 4.69) is 229 Å². The first kappa shape index (κ1) is 31.7. The molecule has 54 heavy (non-hydrogen) atoms. The molecule has 0 spiro atoms. The highest BCUT2D eigenvalue weighted by Crippen LogP contribution is 2.59. The van der Waals surface area contributed by atoms with Gasteiger partial charge in [0.2, 0.25) is 0 Å². The maximum absolute atomic E-state index is 2.44.